The van der Waals surface area contributed by atoms with E-state index in [2.05, 4.69) is 10.6 Å². The van der Waals surface area contributed by atoms with Crippen molar-refractivity contribution in [2.24, 2.45) is 0 Å². The zero-order valence-corrected chi connectivity index (χ0v) is 13.7. The maximum atomic E-state index is 12.7. The molecule has 0 spiro atoms. The van der Waals surface area contributed by atoms with Crippen LogP contribution < -0.4 is 24.8 Å². The predicted octanol–water partition coefficient (Wildman–Crippen LogP) is 2.45. The molecule has 0 bridgehead atoms. The van der Waals surface area contributed by atoms with E-state index in [9.17, 15) is 9.59 Å². The molecule has 2 heterocycles. The molecule has 0 fully saturated rings. The van der Waals surface area contributed by atoms with Gasteiger partial charge in [-0.3, -0.25) is 9.59 Å². The Kier molecular flexibility index (Phi) is 3.31. The third-order valence-electron chi connectivity index (χ3n) is 4.19. The van der Waals surface area contributed by atoms with Gasteiger partial charge >= 0.3 is 0 Å². The maximum Gasteiger partial charge on any atom is 0.278 e. The number of amides is 2. The van der Waals surface area contributed by atoms with Crippen LogP contribution in [0.2, 0.25) is 0 Å². The fourth-order valence-electron chi connectivity index (χ4n) is 2.71. The number of carbonyl (C=O) groups excluding carboxylic acids is 2. The SMILES string of the molecule is Cc1ccc2c(c1)NC(=O)C(C)(C(=O)Nc1ccc3c(c1)OCO3)O2. The summed E-state index contributed by atoms with van der Waals surface area (Å²) in [5.41, 5.74) is 0.342. The number of hydrogen-bond donors (Lipinski definition) is 2. The summed E-state index contributed by atoms with van der Waals surface area (Å²) in [5, 5.41) is 5.42. The molecule has 0 saturated heterocycles. The average molecular weight is 340 g/mol. The molecule has 2 amide bonds. The minimum absolute atomic E-state index is 0.145. The maximum absolute atomic E-state index is 12.7. The Bertz CT molecular complexity index is 895. The second kappa shape index (κ2) is 5.41. The lowest BCUT2D eigenvalue weighted by Crippen LogP contribution is -2.56. The van der Waals surface area contributed by atoms with Crippen molar-refractivity contribution in [1.82, 2.24) is 0 Å². The van der Waals surface area contributed by atoms with Crippen LogP contribution in [0.15, 0.2) is 36.4 Å². The van der Waals surface area contributed by atoms with Crippen molar-refractivity contribution < 1.29 is 23.8 Å². The largest absolute Gasteiger partial charge is 0.466 e. The smallest absolute Gasteiger partial charge is 0.278 e. The molecule has 2 N–H and O–H groups in total. The lowest BCUT2D eigenvalue weighted by Gasteiger charge is -2.33. The molecule has 2 aromatic carbocycles. The number of anilines is 2. The molecule has 0 saturated carbocycles. The summed E-state index contributed by atoms with van der Waals surface area (Å²) in [4.78, 5) is 25.2. The first-order valence-electron chi connectivity index (χ1n) is 7.78. The molecule has 2 aliphatic heterocycles. The number of carbonyl (C=O) groups is 2. The Hall–Kier alpha value is -3.22. The molecule has 4 rings (SSSR count). The highest BCUT2D eigenvalue weighted by Crippen LogP contribution is 2.36. The monoisotopic (exact) mass is 340 g/mol. The molecule has 2 aliphatic rings. The quantitative estimate of drug-likeness (QED) is 0.820. The van der Waals surface area contributed by atoms with E-state index in [0.29, 0.717) is 28.6 Å². The summed E-state index contributed by atoms with van der Waals surface area (Å²) in [5.74, 6) is 0.505. The molecule has 0 radical (unpaired) electrons. The summed E-state index contributed by atoms with van der Waals surface area (Å²) < 4.78 is 16.3. The predicted molar refractivity (Wildman–Crippen MR) is 90.0 cm³/mol. The Morgan fingerprint density at radius 1 is 1.12 bits per heavy atom. The normalized spacial score (nSPS) is 20.3. The lowest BCUT2D eigenvalue weighted by molar-refractivity contribution is -0.143. The molecule has 0 aromatic heterocycles. The first-order chi connectivity index (χ1) is 12.0. The molecule has 7 nitrogen and oxygen atoms in total. The van der Waals surface area contributed by atoms with Gasteiger partial charge in [-0.25, -0.2) is 0 Å². The molecule has 0 aliphatic carbocycles. The van der Waals surface area contributed by atoms with Crippen molar-refractivity contribution >= 4 is 23.2 Å². The average Bonchev–Trinajstić information content (AvgIpc) is 3.04. The van der Waals surface area contributed by atoms with Crippen LogP contribution in [0.3, 0.4) is 0 Å². The Morgan fingerprint density at radius 3 is 2.72 bits per heavy atom. The highest BCUT2D eigenvalue weighted by molar-refractivity contribution is 6.19. The van der Waals surface area contributed by atoms with Gasteiger partial charge in [-0.05, 0) is 43.7 Å². The van der Waals surface area contributed by atoms with E-state index < -0.39 is 17.4 Å². The van der Waals surface area contributed by atoms with Gasteiger partial charge in [0.25, 0.3) is 17.4 Å². The Morgan fingerprint density at radius 2 is 1.88 bits per heavy atom. The molecule has 128 valence electrons. The number of nitrogens with one attached hydrogen (secondary N) is 2. The molecule has 1 unspecified atom stereocenters. The van der Waals surface area contributed by atoms with Crippen LogP contribution >= 0.6 is 0 Å². The van der Waals surface area contributed by atoms with Crippen molar-refractivity contribution in [2.75, 3.05) is 17.4 Å². The van der Waals surface area contributed by atoms with E-state index in [-0.39, 0.29) is 6.79 Å². The number of fused-ring (bicyclic) bond motifs is 2. The van der Waals surface area contributed by atoms with Gasteiger partial charge in [-0.15, -0.1) is 0 Å². The van der Waals surface area contributed by atoms with Gasteiger partial charge in [0.05, 0.1) is 5.69 Å². The van der Waals surface area contributed by atoms with Gasteiger partial charge in [-0.2, -0.15) is 0 Å². The summed E-state index contributed by atoms with van der Waals surface area (Å²) in [7, 11) is 0. The number of aryl methyl sites for hydroxylation is 1. The molecular weight excluding hydrogens is 324 g/mol. The highest BCUT2D eigenvalue weighted by Gasteiger charge is 2.47. The third kappa shape index (κ3) is 2.53. The Balaban J connectivity index is 1.58. The first kappa shape index (κ1) is 15.3. The van der Waals surface area contributed by atoms with Crippen LogP contribution in [0.4, 0.5) is 11.4 Å². The van der Waals surface area contributed by atoms with E-state index in [1.54, 1.807) is 30.3 Å². The van der Waals surface area contributed by atoms with Gasteiger partial charge in [0.2, 0.25) is 6.79 Å². The van der Waals surface area contributed by atoms with Gasteiger partial charge in [-0.1, -0.05) is 6.07 Å². The van der Waals surface area contributed by atoms with Gasteiger partial charge in [0.15, 0.2) is 11.5 Å². The Labute approximate surface area is 143 Å². The summed E-state index contributed by atoms with van der Waals surface area (Å²) >= 11 is 0. The second-order valence-electron chi connectivity index (χ2n) is 6.11. The summed E-state index contributed by atoms with van der Waals surface area (Å²) in [6.45, 7) is 3.49. The van der Waals surface area contributed by atoms with Crippen molar-refractivity contribution in [1.29, 1.82) is 0 Å². The van der Waals surface area contributed by atoms with Crippen LogP contribution in [0, 0.1) is 6.92 Å². The summed E-state index contributed by atoms with van der Waals surface area (Å²) in [6, 6.07) is 10.4. The molecule has 7 heteroatoms. The van der Waals surface area contributed by atoms with Crippen LogP contribution in [-0.2, 0) is 9.59 Å². The minimum atomic E-state index is -1.68. The fraction of sp³-hybridized carbons (Fsp3) is 0.222. The minimum Gasteiger partial charge on any atom is -0.466 e. The fourth-order valence-corrected chi connectivity index (χ4v) is 2.71. The zero-order valence-electron chi connectivity index (χ0n) is 13.7. The van der Waals surface area contributed by atoms with E-state index in [1.165, 1.54) is 6.92 Å². The molecule has 25 heavy (non-hydrogen) atoms. The van der Waals surface area contributed by atoms with Crippen molar-refractivity contribution in [3.63, 3.8) is 0 Å². The van der Waals surface area contributed by atoms with E-state index >= 15 is 0 Å². The van der Waals surface area contributed by atoms with Crippen LogP contribution in [-0.4, -0.2) is 24.2 Å². The van der Waals surface area contributed by atoms with Crippen LogP contribution in [0.25, 0.3) is 0 Å². The van der Waals surface area contributed by atoms with E-state index in [1.807, 2.05) is 13.0 Å². The summed E-state index contributed by atoms with van der Waals surface area (Å²) in [6.07, 6.45) is 0. The molecule has 1 atom stereocenters. The number of rotatable bonds is 2. The van der Waals surface area contributed by atoms with Crippen molar-refractivity contribution in [3.8, 4) is 17.2 Å². The van der Waals surface area contributed by atoms with Crippen LogP contribution in [0.5, 0.6) is 17.2 Å². The number of benzene rings is 2. The highest BCUT2D eigenvalue weighted by atomic mass is 16.7. The van der Waals surface area contributed by atoms with Crippen molar-refractivity contribution in [2.45, 2.75) is 19.4 Å². The van der Waals surface area contributed by atoms with E-state index in [4.69, 9.17) is 14.2 Å². The molecular formula is C18H16N2O5. The third-order valence-corrected chi connectivity index (χ3v) is 4.19. The van der Waals surface area contributed by atoms with Crippen LogP contribution in [0.1, 0.15) is 12.5 Å². The van der Waals surface area contributed by atoms with E-state index in [0.717, 1.165) is 5.56 Å². The number of ether oxygens (including phenoxy) is 3. The lowest BCUT2D eigenvalue weighted by atomic mass is 10.0. The van der Waals surface area contributed by atoms with Gasteiger partial charge < -0.3 is 24.8 Å². The standard InChI is InChI=1S/C18H16N2O5/c1-10-3-5-13-12(7-10)20-17(22)18(2,25-13)16(21)19-11-4-6-14-15(8-11)24-9-23-14/h3-8H,9H2,1-2H3,(H,19,21)(H,20,22). The van der Waals surface area contributed by atoms with Gasteiger partial charge in [0, 0.05) is 11.8 Å². The molecule has 2 aromatic rings. The zero-order chi connectivity index (χ0) is 17.6. The topological polar surface area (TPSA) is 85.9 Å². The second-order valence-corrected chi connectivity index (χ2v) is 6.11. The van der Waals surface area contributed by atoms with Crippen molar-refractivity contribution in [3.05, 3.63) is 42.0 Å². The van der Waals surface area contributed by atoms with Gasteiger partial charge in [0.1, 0.15) is 5.75 Å². The number of hydrogen-bond acceptors (Lipinski definition) is 5. The first-order valence-corrected chi connectivity index (χ1v) is 7.78.